The highest BCUT2D eigenvalue weighted by molar-refractivity contribution is 7.05. The Morgan fingerprint density at radius 1 is 1.11 bits per heavy atom. The van der Waals surface area contributed by atoms with Crippen LogP contribution in [0, 0.1) is 11.3 Å². The van der Waals surface area contributed by atoms with Gasteiger partial charge in [-0.05, 0) is 35.6 Å². The van der Waals surface area contributed by atoms with E-state index in [-0.39, 0.29) is 12.0 Å². The molecule has 0 spiro atoms. The van der Waals surface area contributed by atoms with E-state index >= 15 is 0 Å². The van der Waals surface area contributed by atoms with Crippen LogP contribution < -0.4 is 0 Å². The largest absolute Gasteiger partial charge is 0.396 e. The lowest BCUT2D eigenvalue weighted by molar-refractivity contribution is 0.109. The van der Waals surface area contributed by atoms with Gasteiger partial charge in [0.2, 0.25) is 0 Å². The van der Waals surface area contributed by atoms with Crippen LogP contribution in [0.15, 0.2) is 47.4 Å². The number of aliphatic hydroxyl groups is 1. The van der Waals surface area contributed by atoms with Crippen molar-refractivity contribution < 1.29 is 9.63 Å². The van der Waals surface area contributed by atoms with Crippen LogP contribution in [0.1, 0.15) is 10.6 Å². The molecular weight excluding hydrogens is 374 g/mol. The number of fused-ring (bicyclic) bond motifs is 1. The lowest BCUT2D eigenvalue weighted by atomic mass is 9.82. The Morgan fingerprint density at radius 3 is 2.57 bits per heavy atom. The van der Waals surface area contributed by atoms with Crippen LogP contribution in [0.4, 0.5) is 0 Å². The molecule has 3 aromatic heterocycles. The van der Waals surface area contributed by atoms with Crippen molar-refractivity contribution in [1.29, 1.82) is 0 Å². The van der Waals surface area contributed by atoms with Crippen molar-refractivity contribution in [3.8, 4) is 11.3 Å². The van der Waals surface area contributed by atoms with Crippen molar-refractivity contribution in [2.24, 2.45) is 11.3 Å². The SMILES string of the molecule is OCC12CN(Cc3cc(-c4ccncc4)no3)CC1CN(Cc1ccns1)C2. The summed E-state index contributed by atoms with van der Waals surface area (Å²) in [5.74, 6) is 1.34. The third-order valence-corrected chi connectivity index (χ3v) is 6.73. The number of hydrogen-bond donors (Lipinski definition) is 1. The third kappa shape index (κ3) is 3.37. The Balaban J connectivity index is 1.23. The quantitative estimate of drug-likeness (QED) is 0.682. The first-order chi connectivity index (χ1) is 13.7. The Labute approximate surface area is 167 Å². The number of aliphatic hydroxyl groups excluding tert-OH is 1. The second-order valence-corrected chi connectivity index (χ2v) is 8.87. The Bertz CT molecular complexity index is 916. The minimum Gasteiger partial charge on any atom is -0.396 e. The molecule has 146 valence electrons. The minimum absolute atomic E-state index is 0.0430. The van der Waals surface area contributed by atoms with E-state index in [0.29, 0.717) is 5.92 Å². The molecule has 5 heterocycles. The Kier molecular flexibility index (Phi) is 4.72. The van der Waals surface area contributed by atoms with Crippen LogP contribution in [0.25, 0.3) is 11.3 Å². The highest BCUT2D eigenvalue weighted by Crippen LogP contribution is 2.43. The highest BCUT2D eigenvalue weighted by Gasteiger charge is 2.51. The topological polar surface area (TPSA) is 78.5 Å². The lowest BCUT2D eigenvalue weighted by Crippen LogP contribution is -2.36. The van der Waals surface area contributed by atoms with Crippen LogP contribution in [-0.2, 0) is 13.1 Å². The first-order valence-corrected chi connectivity index (χ1v) is 10.3. The lowest BCUT2D eigenvalue weighted by Gasteiger charge is -2.27. The minimum atomic E-state index is -0.0430. The van der Waals surface area contributed by atoms with E-state index in [1.807, 2.05) is 24.4 Å². The van der Waals surface area contributed by atoms with E-state index in [1.165, 1.54) is 4.88 Å². The number of rotatable bonds is 6. The molecular formula is C20H23N5O2S. The van der Waals surface area contributed by atoms with Gasteiger partial charge in [0.25, 0.3) is 0 Å². The first-order valence-electron chi connectivity index (χ1n) is 9.55. The van der Waals surface area contributed by atoms with Crippen molar-refractivity contribution >= 4 is 11.5 Å². The van der Waals surface area contributed by atoms with Crippen molar-refractivity contribution in [1.82, 2.24) is 24.3 Å². The molecule has 7 nitrogen and oxygen atoms in total. The van der Waals surface area contributed by atoms with E-state index in [1.54, 1.807) is 23.9 Å². The standard InChI is InChI=1S/C20H23N5O2S/c26-14-20-12-24(8-16(20)9-25(13-20)11-18-3-6-22-28-18)10-17-7-19(23-27-17)15-1-4-21-5-2-15/h1-7,16,26H,8-14H2. The number of aromatic nitrogens is 3. The molecule has 0 radical (unpaired) electrons. The average Bonchev–Trinajstić information content (AvgIpc) is 3.47. The molecule has 28 heavy (non-hydrogen) atoms. The monoisotopic (exact) mass is 397 g/mol. The maximum Gasteiger partial charge on any atom is 0.151 e. The summed E-state index contributed by atoms with van der Waals surface area (Å²) in [5, 5.41) is 14.4. The van der Waals surface area contributed by atoms with E-state index in [0.717, 1.165) is 56.3 Å². The fourth-order valence-electron chi connectivity index (χ4n) is 4.68. The third-order valence-electron chi connectivity index (χ3n) is 6.00. The zero-order valence-corrected chi connectivity index (χ0v) is 16.4. The molecule has 0 amide bonds. The molecule has 0 saturated carbocycles. The normalized spacial score (nSPS) is 25.4. The van der Waals surface area contributed by atoms with Crippen LogP contribution in [0.3, 0.4) is 0 Å². The molecule has 2 unspecified atom stereocenters. The number of nitrogens with zero attached hydrogens (tertiary/aromatic N) is 5. The van der Waals surface area contributed by atoms with Gasteiger partial charge in [0.05, 0.1) is 13.2 Å². The number of pyridine rings is 1. The van der Waals surface area contributed by atoms with Crippen LogP contribution in [0.5, 0.6) is 0 Å². The van der Waals surface area contributed by atoms with Gasteiger partial charge >= 0.3 is 0 Å². The fourth-order valence-corrected chi connectivity index (χ4v) is 5.30. The van der Waals surface area contributed by atoms with Gasteiger partial charge in [0.15, 0.2) is 5.76 Å². The predicted octanol–water partition coefficient (Wildman–Crippen LogP) is 2.12. The highest BCUT2D eigenvalue weighted by atomic mass is 32.1. The molecule has 2 aliphatic rings. The molecule has 2 saturated heterocycles. The van der Waals surface area contributed by atoms with Crippen LogP contribution >= 0.6 is 11.5 Å². The van der Waals surface area contributed by atoms with E-state index in [2.05, 4.69) is 30.4 Å². The van der Waals surface area contributed by atoms with Gasteiger partial charge in [0.1, 0.15) is 5.69 Å². The van der Waals surface area contributed by atoms with Gasteiger partial charge in [-0.15, -0.1) is 0 Å². The van der Waals surface area contributed by atoms with Gasteiger partial charge in [-0.1, -0.05) is 5.16 Å². The van der Waals surface area contributed by atoms with Crippen molar-refractivity contribution in [2.75, 3.05) is 32.8 Å². The maximum atomic E-state index is 10.2. The predicted molar refractivity (Wildman–Crippen MR) is 105 cm³/mol. The molecule has 5 rings (SSSR count). The molecule has 2 fully saturated rings. The zero-order valence-electron chi connectivity index (χ0n) is 15.6. The summed E-state index contributed by atoms with van der Waals surface area (Å²) in [6.07, 6.45) is 5.38. The Morgan fingerprint density at radius 2 is 1.89 bits per heavy atom. The van der Waals surface area contributed by atoms with Crippen molar-refractivity contribution in [2.45, 2.75) is 13.1 Å². The Hall–Kier alpha value is -2.13. The summed E-state index contributed by atoms with van der Waals surface area (Å²) < 4.78 is 9.76. The molecule has 3 aromatic rings. The first kappa shape index (κ1) is 17.9. The van der Waals surface area contributed by atoms with E-state index in [9.17, 15) is 5.11 Å². The fraction of sp³-hybridized carbons (Fsp3) is 0.450. The molecule has 1 N–H and O–H groups in total. The summed E-state index contributed by atoms with van der Waals surface area (Å²) >= 11 is 1.56. The van der Waals surface area contributed by atoms with E-state index in [4.69, 9.17) is 4.52 Å². The summed E-state index contributed by atoms with van der Waals surface area (Å²) in [4.78, 5) is 10.2. The van der Waals surface area contributed by atoms with Crippen molar-refractivity contribution in [3.63, 3.8) is 0 Å². The second kappa shape index (κ2) is 7.36. The molecule has 0 aliphatic carbocycles. The molecule has 2 atom stereocenters. The van der Waals surface area contributed by atoms with Gasteiger partial charge < -0.3 is 9.63 Å². The average molecular weight is 398 g/mol. The number of hydrogen-bond acceptors (Lipinski definition) is 8. The van der Waals surface area contributed by atoms with E-state index < -0.39 is 0 Å². The maximum absolute atomic E-state index is 10.2. The van der Waals surface area contributed by atoms with Gasteiger partial charge in [-0.2, -0.15) is 0 Å². The summed E-state index contributed by atoms with van der Waals surface area (Å²) in [7, 11) is 0. The summed E-state index contributed by atoms with van der Waals surface area (Å²) in [5.41, 5.74) is 1.80. The second-order valence-electron chi connectivity index (χ2n) is 7.95. The molecule has 2 aliphatic heterocycles. The van der Waals surface area contributed by atoms with Gasteiger partial charge in [-0.3, -0.25) is 14.8 Å². The molecule has 0 bridgehead atoms. The summed E-state index contributed by atoms with van der Waals surface area (Å²) in [6, 6.07) is 7.95. The smallest absolute Gasteiger partial charge is 0.151 e. The van der Waals surface area contributed by atoms with Crippen LogP contribution in [0.2, 0.25) is 0 Å². The summed E-state index contributed by atoms with van der Waals surface area (Å²) in [6.45, 7) is 5.70. The zero-order chi connectivity index (χ0) is 19.0. The van der Waals surface area contributed by atoms with Crippen molar-refractivity contribution in [3.05, 3.63) is 53.5 Å². The molecule has 8 heteroatoms. The number of likely N-dealkylation sites (tertiary alicyclic amines) is 2. The molecule has 0 aromatic carbocycles. The van der Waals surface area contributed by atoms with Crippen LogP contribution in [-0.4, -0.2) is 62.2 Å². The van der Waals surface area contributed by atoms with Gasteiger partial charge in [0, 0.05) is 73.2 Å². The van der Waals surface area contributed by atoms with Gasteiger partial charge in [-0.25, -0.2) is 4.37 Å².